The van der Waals surface area contributed by atoms with E-state index in [1.807, 2.05) is 6.07 Å². The molecule has 0 saturated heterocycles. The van der Waals surface area contributed by atoms with Crippen molar-refractivity contribution in [3.8, 4) is 0 Å². The Balaban J connectivity index is 2.23. The molecule has 1 aliphatic rings. The highest BCUT2D eigenvalue weighted by Crippen LogP contribution is 2.29. The number of amides is 1. The van der Waals surface area contributed by atoms with Gasteiger partial charge in [0, 0.05) is 15.5 Å². The highest BCUT2D eigenvalue weighted by Gasteiger charge is 2.25. The summed E-state index contributed by atoms with van der Waals surface area (Å²) in [6, 6.07) is 5.28. The number of carbonyl (C=O) groups excluding carboxylic acids is 1. The van der Waals surface area contributed by atoms with Crippen LogP contribution in [0.4, 0.5) is 0 Å². The van der Waals surface area contributed by atoms with Crippen molar-refractivity contribution in [3.05, 3.63) is 33.3 Å². The normalized spacial score (nSPS) is 17.9. The topological polar surface area (TPSA) is 55.1 Å². The predicted octanol–water partition coefficient (Wildman–Crippen LogP) is 3.16. The molecule has 1 saturated carbocycles. The van der Waals surface area contributed by atoms with Crippen molar-refractivity contribution >= 4 is 33.4 Å². The summed E-state index contributed by atoms with van der Waals surface area (Å²) in [5.74, 6) is -0.370. The molecule has 3 nitrogen and oxygen atoms in total. The van der Waals surface area contributed by atoms with Crippen molar-refractivity contribution in [1.82, 2.24) is 5.32 Å². The molecule has 1 amide bonds. The van der Waals surface area contributed by atoms with E-state index in [0.717, 1.165) is 22.9 Å². The summed E-state index contributed by atoms with van der Waals surface area (Å²) in [6.07, 6.45) is 4.61. The fourth-order valence-corrected chi connectivity index (χ4v) is 3.05. The van der Waals surface area contributed by atoms with Crippen molar-refractivity contribution < 1.29 is 4.79 Å². The summed E-state index contributed by atoms with van der Waals surface area (Å²) in [4.78, 5) is 11.6. The van der Waals surface area contributed by atoms with Crippen molar-refractivity contribution in [2.45, 2.75) is 37.8 Å². The quantitative estimate of drug-likeness (QED) is 0.890. The molecule has 1 atom stereocenters. The molecule has 0 bridgehead atoms. The van der Waals surface area contributed by atoms with E-state index in [9.17, 15) is 4.79 Å². The van der Waals surface area contributed by atoms with Gasteiger partial charge >= 0.3 is 0 Å². The molecule has 0 aromatic heterocycles. The van der Waals surface area contributed by atoms with Gasteiger partial charge in [0.15, 0.2) is 0 Å². The highest BCUT2D eigenvalue weighted by molar-refractivity contribution is 9.10. The van der Waals surface area contributed by atoms with Crippen LogP contribution >= 0.6 is 27.5 Å². The molecular weight excluding hydrogens is 316 g/mol. The summed E-state index contributed by atoms with van der Waals surface area (Å²) in [6.45, 7) is 0. The smallest absolute Gasteiger partial charge is 0.239 e. The number of halogens is 2. The molecule has 0 spiro atoms. The Morgan fingerprint density at radius 1 is 1.44 bits per heavy atom. The van der Waals surface area contributed by atoms with Crippen LogP contribution in [-0.4, -0.2) is 11.9 Å². The zero-order valence-electron chi connectivity index (χ0n) is 9.96. The van der Waals surface area contributed by atoms with Crippen LogP contribution in [0.5, 0.6) is 0 Å². The lowest BCUT2D eigenvalue weighted by atomic mass is 10.0. The number of hydrogen-bond donors (Lipinski definition) is 2. The van der Waals surface area contributed by atoms with Crippen molar-refractivity contribution in [3.63, 3.8) is 0 Å². The maximum Gasteiger partial charge on any atom is 0.239 e. The summed E-state index contributed by atoms with van der Waals surface area (Å²) >= 11 is 9.42. The Morgan fingerprint density at radius 3 is 2.72 bits per heavy atom. The number of rotatable bonds is 4. The molecule has 1 aliphatic carbocycles. The van der Waals surface area contributed by atoms with E-state index in [1.54, 1.807) is 12.1 Å². The minimum atomic E-state index is -0.485. The number of primary amides is 1. The Kier molecular flexibility index (Phi) is 4.65. The molecule has 2 rings (SSSR count). The van der Waals surface area contributed by atoms with Gasteiger partial charge in [-0.1, -0.05) is 40.4 Å². The zero-order valence-corrected chi connectivity index (χ0v) is 12.3. The summed E-state index contributed by atoms with van der Waals surface area (Å²) < 4.78 is 0.848. The molecule has 98 valence electrons. The number of hydrogen-bond acceptors (Lipinski definition) is 2. The molecule has 5 heteroatoms. The Hall–Kier alpha value is -0.580. The van der Waals surface area contributed by atoms with Gasteiger partial charge in [-0.05, 0) is 36.6 Å². The average Bonchev–Trinajstić information content (AvgIpc) is 2.82. The van der Waals surface area contributed by atoms with E-state index in [-0.39, 0.29) is 5.91 Å². The molecule has 0 aliphatic heterocycles. The van der Waals surface area contributed by atoms with Gasteiger partial charge in [0.05, 0.1) is 0 Å². The van der Waals surface area contributed by atoms with E-state index in [2.05, 4.69) is 21.2 Å². The van der Waals surface area contributed by atoms with Crippen LogP contribution in [0.15, 0.2) is 22.7 Å². The molecule has 0 heterocycles. The molecule has 0 radical (unpaired) electrons. The Labute approximate surface area is 120 Å². The number of carbonyl (C=O) groups is 1. The lowest BCUT2D eigenvalue weighted by molar-refractivity contribution is -0.120. The molecular formula is C13H16BrClN2O. The van der Waals surface area contributed by atoms with E-state index >= 15 is 0 Å². The SMILES string of the molecule is NC(=O)C(NC1CCCC1)c1cc(Cl)ccc1Br. The van der Waals surface area contributed by atoms with Crippen molar-refractivity contribution in [1.29, 1.82) is 0 Å². The van der Waals surface area contributed by atoms with Crippen LogP contribution in [0.25, 0.3) is 0 Å². The monoisotopic (exact) mass is 330 g/mol. The first-order valence-electron chi connectivity index (χ1n) is 6.08. The second-order valence-electron chi connectivity index (χ2n) is 4.65. The van der Waals surface area contributed by atoms with Gasteiger partial charge < -0.3 is 5.73 Å². The summed E-state index contributed by atoms with van der Waals surface area (Å²) in [5, 5.41) is 3.94. The van der Waals surface area contributed by atoms with Gasteiger partial charge in [-0.25, -0.2) is 0 Å². The third-order valence-electron chi connectivity index (χ3n) is 3.31. The summed E-state index contributed by atoms with van der Waals surface area (Å²) in [7, 11) is 0. The maximum absolute atomic E-state index is 11.6. The van der Waals surface area contributed by atoms with Crippen LogP contribution < -0.4 is 11.1 Å². The van der Waals surface area contributed by atoms with E-state index < -0.39 is 6.04 Å². The van der Waals surface area contributed by atoms with Crippen LogP contribution in [0, 0.1) is 0 Å². The third-order valence-corrected chi connectivity index (χ3v) is 4.27. The van der Waals surface area contributed by atoms with Crippen LogP contribution in [0.2, 0.25) is 5.02 Å². The van der Waals surface area contributed by atoms with E-state index in [0.29, 0.717) is 11.1 Å². The molecule has 1 aromatic rings. The zero-order chi connectivity index (χ0) is 13.1. The van der Waals surface area contributed by atoms with Crippen LogP contribution in [0.3, 0.4) is 0 Å². The van der Waals surface area contributed by atoms with Crippen LogP contribution in [0.1, 0.15) is 37.3 Å². The first-order valence-corrected chi connectivity index (χ1v) is 7.25. The van der Waals surface area contributed by atoms with E-state index in [1.165, 1.54) is 12.8 Å². The second kappa shape index (κ2) is 6.04. The van der Waals surface area contributed by atoms with Gasteiger partial charge in [0.2, 0.25) is 5.91 Å². The highest BCUT2D eigenvalue weighted by atomic mass is 79.9. The van der Waals surface area contributed by atoms with Gasteiger partial charge in [0.1, 0.15) is 6.04 Å². The Bertz CT molecular complexity index is 447. The fraction of sp³-hybridized carbons (Fsp3) is 0.462. The predicted molar refractivity (Wildman–Crippen MR) is 76.5 cm³/mol. The third kappa shape index (κ3) is 3.25. The standard InChI is InChI=1S/C13H16BrClN2O/c14-11-6-5-8(15)7-10(11)12(13(16)18)17-9-3-1-2-4-9/h5-7,9,12,17H,1-4H2,(H2,16,18). The minimum Gasteiger partial charge on any atom is -0.368 e. The molecule has 1 unspecified atom stereocenters. The Morgan fingerprint density at radius 2 is 2.11 bits per heavy atom. The van der Waals surface area contributed by atoms with Crippen molar-refractivity contribution in [2.24, 2.45) is 5.73 Å². The molecule has 1 fully saturated rings. The lowest BCUT2D eigenvalue weighted by Gasteiger charge is -2.21. The summed E-state index contributed by atoms with van der Waals surface area (Å²) in [5.41, 5.74) is 6.31. The molecule has 18 heavy (non-hydrogen) atoms. The van der Waals surface area contributed by atoms with Gasteiger partial charge in [0.25, 0.3) is 0 Å². The molecule has 1 aromatic carbocycles. The lowest BCUT2D eigenvalue weighted by Crippen LogP contribution is -2.39. The van der Waals surface area contributed by atoms with Crippen molar-refractivity contribution in [2.75, 3.05) is 0 Å². The largest absolute Gasteiger partial charge is 0.368 e. The number of nitrogens with two attached hydrogens (primary N) is 1. The number of nitrogens with one attached hydrogen (secondary N) is 1. The van der Waals surface area contributed by atoms with Gasteiger partial charge in [-0.3, -0.25) is 10.1 Å². The first-order chi connectivity index (χ1) is 8.58. The molecule has 3 N–H and O–H groups in total. The number of benzene rings is 1. The first kappa shape index (κ1) is 13.8. The minimum absolute atomic E-state index is 0.369. The van der Waals surface area contributed by atoms with E-state index in [4.69, 9.17) is 17.3 Å². The van der Waals surface area contributed by atoms with Gasteiger partial charge in [-0.15, -0.1) is 0 Å². The average molecular weight is 332 g/mol. The van der Waals surface area contributed by atoms with Crippen LogP contribution in [-0.2, 0) is 4.79 Å². The fourth-order valence-electron chi connectivity index (χ4n) is 2.39. The maximum atomic E-state index is 11.6. The second-order valence-corrected chi connectivity index (χ2v) is 5.94. The van der Waals surface area contributed by atoms with Gasteiger partial charge in [-0.2, -0.15) is 0 Å².